The molecule has 1 heterocycles. The maximum atomic E-state index is 11.9. The first kappa shape index (κ1) is 14.1. The molecule has 0 saturated heterocycles. The van der Waals surface area contributed by atoms with Gasteiger partial charge in [0.1, 0.15) is 5.75 Å². The number of hydrogen-bond donors (Lipinski definition) is 3. The van der Waals surface area contributed by atoms with Crippen molar-refractivity contribution in [2.24, 2.45) is 0 Å². The molecule has 0 bridgehead atoms. The van der Waals surface area contributed by atoms with Gasteiger partial charge in [-0.25, -0.2) is 0 Å². The van der Waals surface area contributed by atoms with Gasteiger partial charge in [-0.15, -0.1) is 0 Å². The predicted molar refractivity (Wildman–Crippen MR) is 79.7 cm³/mol. The van der Waals surface area contributed by atoms with E-state index in [0.717, 1.165) is 5.56 Å². The summed E-state index contributed by atoms with van der Waals surface area (Å²) in [7, 11) is 0. The highest BCUT2D eigenvalue weighted by atomic mass is 79.9. The standard InChI is InChI=1S/C14H12BrN3O2/c1-9(10-4-6-16-7-5-10)17-18-14(20)12-8-11(15)2-3-13(12)19/h2-8,17,19H,1H2,(H,18,20). The predicted octanol–water partition coefficient (Wildman–Crippen LogP) is 2.46. The molecule has 0 spiro atoms. The van der Waals surface area contributed by atoms with E-state index >= 15 is 0 Å². The van der Waals surface area contributed by atoms with Gasteiger partial charge in [0.05, 0.1) is 11.3 Å². The van der Waals surface area contributed by atoms with E-state index in [4.69, 9.17) is 0 Å². The molecule has 0 aliphatic carbocycles. The largest absolute Gasteiger partial charge is 0.507 e. The molecule has 1 amide bonds. The van der Waals surface area contributed by atoms with Gasteiger partial charge in [-0.3, -0.25) is 20.6 Å². The molecule has 3 N–H and O–H groups in total. The fraction of sp³-hybridized carbons (Fsp3) is 0. The lowest BCUT2D eigenvalue weighted by Crippen LogP contribution is -2.35. The van der Waals surface area contributed by atoms with E-state index in [0.29, 0.717) is 10.2 Å². The van der Waals surface area contributed by atoms with Crippen molar-refractivity contribution in [2.45, 2.75) is 0 Å². The van der Waals surface area contributed by atoms with Crippen molar-refractivity contribution < 1.29 is 9.90 Å². The third kappa shape index (κ3) is 3.36. The second-order valence-corrected chi connectivity index (χ2v) is 4.87. The van der Waals surface area contributed by atoms with Crippen molar-refractivity contribution in [3.8, 4) is 5.75 Å². The molecule has 0 aliphatic rings. The van der Waals surface area contributed by atoms with Gasteiger partial charge in [0.15, 0.2) is 0 Å². The number of nitrogens with one attached hydrogen (secondary N) is 2. The van der Waals surface area contributed by atoms with Gasteiger partial charge in [-0.05, 0) is 30.3 Å². The first-order chi connectivity index (χ1) is 9.58. The van der Waals surface area contributed by atoms with Crippen LogP contribution >= 0.6 is 15.9 Å². The molecule has 0 fully saturated rings. The molecule has 2 aromatic rings. The third-order valence-corrected chi connectivity index (χ3v) is 3.05. The summed E-state index contributed by atoms with van der Waals surface area (Å²) in [4.78, 5) is 15.8. The Labute approximate surface area is 124 Å². The summed E-state index contributed by atoms with van der Waals surface area (Å²) in [6.07, 6.45) is 3.26. The second kappa shape index (κ2) is 6.21. The van der Waals surface area contributed by atoms with E-state index in [9.17, 15) is 9.90 Å². The Balaban J connectivity index is 2.02. The number of nitrogens with zero attached hydrogens (tertiary/aromatic N) is 1. The van der Waals surface area contributed by atoms with Gasteiger partial charge in [0.25, 0.3) is 5.91 Å². The zero-order chi connectivity index (χ0) is 14.5. The van der Waals surface area contributed by atoms with Crippen molar-refractivity contribution in [3.63, 3.8) is 0 Å². The second-order valence-electron chi connectivity index (χ2n) is 3.96. The highest BCUT2D eigenvalue weighted by Gasteiger charge is 2.11. The Bertz CT molecular complexity index is 644. The van der Waals surface area contributed by atoms with E-state index < -0.39 is 5.91 Å². The number of rotatable bonds is 4. The average Bonchev–Trinajstić information content (AvgIpc) is 2.47. The van der Waals surface area contributed by atoms with Crippen LogP contribution < -0.4 is 10.9 Å². The van der Waals surface area contributed by atoms with Gasteiger partial charge in [0, 0.05) is 22.4 Å². The molecule has 6 heteroatoms. The maximum Gasteiger partial charge on any atom is 0.273 e. The zero-order valence-corrected chi connectivity index (χ0v) is 12.0. The Morgan fingerprint density at radius 2 is 1.90 bits per heavy atom. The van der Waals surface area contributed by atoms with E-state index in [-0.39, 0.29) is 11.3 Å². The Hall–Kier alpha value is -2.34. The summed E-state index contributed by atoms with van der Waals surface area (Å²) < 4.78 is 0.702. The minimum absolute atomic E-state index is 0.0953. The molecule has 0 aliphatic heterocycles. The van der Waals surface area contributed by atoms with E-state index in [1.807, 2.05) is 0 Å². The van der Waals surface area contributed by atoms with Gasteiger partial charge in [-0.1, -0.05) is 22.5 Å². The minimum Gasteiger partial charge on any atom is -0.507 e. The van der Waals surface area contributed by atoms with Crippen LogP contribution in [0.2, 0.25) is 0 Å². The minimum atomic E-state index is -0.459. The topological polar surface area (TPSA) is 74.2 Å². The number of amides is 1. The molecule has 0 unspecified atom stereocenters. The van der Waals surface area contributed by atoms with Crippen LogP contribution in [-0.4, -0.2) is 16.0 Å². The highest BCUT2D eigenvalue weighted by Crippen LogP contribution is 2.21. The molecule has 0 saturated carbocycles. The number of aromatic hydroxyl groups is 1. The lowest BCUT2D eigenvalue weighted by Gasteiger charge is -2.11. The molecule has 1 aromatic carbocycles. The van der Waals surface area contributed by atoms with Crippen LogP contribution in [0.15, 0.2) is 53.8 Å². The monoisotopic (exact) mass is 333 g/mol. The van der Waals surface area contributed by atoms with Crippen molar-refractivity contribution in [1.29, 1.82) is 0 Å². The lowest BCUT2D eigenvalue weighted by atomic mass is 10.2. The maximum absolute atomic E-state index is 11.9. The normalized spacial score (nSPS) is 9.85. The van der Waals surface area contributed by atoms with Crippen LogP contribution in [-0.2, 0) is 0 Å². The van der Waals surface area contributed by atoms with Crippen molar-refractivity contribution >= 4 is 27.5 Å². The average molecular weight is 334 g/mol. The van der Waals surface area contributed by atoms with Gasteiger partial charge >= 0.3 is 0 Å². The number of phenols is 1. The van der Waals surface area contributed by atoms with Gasteiger partial charge in [0.2, 0.25) is 0 Å². The van der Waals surface area contributed by atoms with Crippen molar-refractivity contribution in [2.75, 3.05) is 0 Å². The Morgan fingerprint density at radius 1 is 1.20 bits per heavy atom. The smallest absolute Gasteiger partial charge is 0.273 e. The van der Waals surface area contributed by atoms with Crippen LogP contribution in [0, 0.1) is 0 Å². The summed E-state index contributed by atoms with van der Waals surface area (Å²) in [6.45, 7) is 3.81. The zero-order valence-electron chi connectivity index (χ0n) is 10.4. The summed E-state index contributed by atoms with van der Waals surface area (Å²) in [6, 6.07) is 8.14. The Kier molecular flexibility index (Phi) is 4.37. The summed E-state index contributed by atoms with van der Waals surface area (Å²) in [5.74, 6) is -0.555. The van der Waals surface area contributed by atoms with Crippen LogP contribution in [0.3, 0.4) is 0 Å². The fourth-order valence-corrected chi connectivity index (χ4v) is 1.88. The first-order valence-electron chi connectivity index (χ1n) is 5.72. The molecule has 20 heavy (non-hydrogen) atoms. The summed E-state index contributed by atoms with van der Waals surface area (Å²) in [5.41, 5.74) is 6.66. The number of hydrazine groups is 1. The molecule has 102 valence electrons. The van der Waals surface area contributed by atoms with Gasteiger partial charge in [-0.2, -0.15) is 0 Å². The molecule has 2 rings (SSSR count). The summed E-state index contributed by atoms with van der Waals surface area (Å²) in [5, 5.41) is 9.65. The van der Waals surface area contributed by atoms with Crippen molar-refractivity contribution in [1.82, 2.24) is 15.8 Å². The molecule has 5 nitrogen and oxygen atoms in total. The molecular weight excluding hydrogens is 322 g/mol. The molecule has 0 atom stereocenters. The number of carbonyl (C=O) groups excluding carboxylic acids is 1. The van der Waals surface area contributed by atoms with E-state index in [2.05, 4.69) is 38.3 Å². The number of phenolic OH excluding ortho intramolecular Hbond substituents is 1. The van der Waals surface area contributed by atoms with Gasteiger partial charge < -0.3 is 5.11 Å². The van der Waals surface area contributed by atoms with E-state index in [1.165, 1.54) is 12.1 Å². The van der Waals surface area contributed by atoms with Crippen LogP contribution in [0.1, 0.15) is 15.9 Å². The van der Waals surface area contributed by atoms with Crippen LogP contribution in [0.5, 0.6) is 5.75 Å². The molecule has 1 aromatic heterocycles. The number of benzene rings is 1. The number of aromatic nitrogens is 1. The third-order valence-electron chi connectivity index (χ3n) is 2.56. The SMILES string of the molecule is C=C(NNC(=O)c1cc(Br)ccc1O)c1ccncc1. The molecule has 0 radical (unpaired) electrons. The highest BCUT2D eigenvalue weighted by molar-refractivity contribution is 9.10. The number of hydrogen-bond acceptors (Lipinski definition) is 4. The van der Waals surface area contributed by atoms with E-state index in [1.54, 1.807) is 30.6 Å². The van der Waals surface area contributed by atoms with Crippen LogP contribution in [0.4, 0.5) is 0 Å². The molecular formula is C14H12BrN3O2. The fourth-order valence-electron chi connectivity index (χ4n) is 1.51. The number of pyridine rings is 1. The lowest BCUT2D eigenvalue weighted by molar-refractivity contribution is 0.0939. The first-order valence-corrected chi connectivity index (χ1v) is 6.51. The van der Waals surface area contributed by atoms with Crippen LogP contribution in [0.25, 0.3) is 5.70 Å². The van der Waals surface area contributed by atoms with Crippen molar-refractivity contribution in [3.05, 3.63) is 64.9 Å². The summed E-state index contributed by atoms with van der Waals surface area (Å²) >= 11 is 3.25. The number of carbonyl (C=O) groups is 1. The quantitative estimate of drug-likeness (QED) is 0.751. The Morgan fingerprint density at radius 3 is 2.60 bits per heavy atom. The number of halogens is 1.